The lowest BCUT2D eigenvalue weighted by Gasteiger charge is -2.30. The van der Waals surface area contributed by atoms with Gasteiger partial charge < -0.3 is 9.84 Å². The molecule has 4 rings (SSSR count). The number of ether oxygens (including phenoxy) is 1. The van der Waals surface area contributed by atoms with Crippen molar-refractivity contribution in [2.24, 2.45) is 0 Å². The molecule has 14 heteroatoms. The fourth-order valence-electron chi connectivity index (χ4n) is 3.65. The van der Waals surface area contributed by atoms with Crippen LogP contribution in [0.1, 0.15) is 31.2 Å². The van der Waals surface area contributed by atoms with Crippen LogP contribution < -0.4 is 11.2 Å². The monoisotopic (exact) mass is 508 g/mol. The molecule has 0 aliphatic carbocycles. The van der Waals surface area contributed by atoms with E-state index in [-0.39, 0.29) is 18.1 Å². The van der Waals surface area contributed by atoms with Gasteiger partial charge in [0.25, 0.3) is 5.56 Å². The average Bonchev–Trinajstić information content (AvgIpc) is 2.98. The quantitative estimate of drug-likeness (QED) is 0.590. The van der Waals surface area contributed by atoms with Gasteiger partial charge in [-0.1, -0.05) is 17.7 Å². The van der Waals surface area contributed by atoms with Gasteiger partial charge in [-0.3, -0.25) is 27.9 Å². The van der Waals surface area contributed by atoms with E-state index >= 15 is 4.39 Å². The number of hydrogen-bond acceptors (Lipinski definition) is 8. The van der Waals surface area contributed by atoms with Gasteiger partial charge >= 0.3 is 13.5 Å². The van der Waals surface area contributed by atoms with Gasteiger partial charge in [-0.2, -0.15) is 0 Å². The molecule has 2 saturated heterocycles. The lowest BCUT2D eigenvalue weighted by Crippen LogP contribution is -2.43. The summed E-state index contributed by atoms with van der Waals surface area (Å²) in [5, 5.41) is 10.3. The van der Waals surface area contributed by atoms with E-state index in [9.17, 15) is 23.7 Å². The lowest BCUT2D eigenvalue weighted by molar-refractivity contribution is -0.0654. The number of aliphatic hydroxyl groups is 1. The number of alkyl halides is 1. The minimum absolute atomic E-state index is 0.0313. The molecule has 6 atom stereocenters. The molecule has 0 saturated carbocycles. The highest BCUT2D eigenvalue weighted by Gasteiger charge is 2.56. The third-order valence-electron chi connectivity index (χ3n) is 5.42. The highest BCUT2D eigenvalue weighted by molar-refractivity contribution is 7.48. The summed E-state index contributed by atoms with van der Waals surface area (Å²) < 4.78 is 64.0. The Balaban J connectivity index is 1.46. The van der Waals surface area contributed by atoms with Gasteiger partial charge in [0.1, 0.15) is 18.0 Å². The molecule has 2 aliphatic heterocycles. The number of phosphoric acid groups is 1. The summed E-state index contributed by atoms with van der Waals surface area (Å²) in [4.78, 5) is 25.3. The summed E-state index contributed by atoms with van der Waals surface area (Å²) in [6, 6.07) is 4.99. The van der Waals surface area contributed by atoms with Gasteiger partial charge in [0.2, 0.25) is 0 Å². The van der Waals surface area contributed by atoms with Gasteiger partial charge in [0.15, 0.2) is 11.9 Å². The minimum Gasteiger partial charge on any atom is -0.387 e. The molecule has 1 aromatic heterocycles. The van der Waals surface area contributed by atoms with Gasteiger partial charge in [0, 0.05) is 18.7 Å². The Morgan fingerprint density at radius 3 is 2.85 bits per heavy atom. The van der Waals surface area contributed by atoms with E-state index in [1.54, 1.807) is 0 Å². The maximum absolute atomic E-state index is 15.2. The minimum atomic E-state index is -4.18. The third kappa shape index (κ3) is 4.83. The van der Waals surface area contributed by atoms with Crippen molar-refractivity contribution in [1.82, 2.24) is 9.55 Å². The van der Waals surface area contributed by atoms with Crippen LogP contribution in [-0.4, -0.2) is 45.7 Å². The Hall–Kier alpha value is -1.92. The molecule has 1 unspecified atom stereocenters. The normalized spacial score (nSPS) is 34.5. The summed E-state index contributed by atoms with van der Waals surface area (Å²) in [7, 11) is -4.18. The third-order valence-corrected chi connectivity index (χ3v) is 7.20. The molecule has 180 valence electrons. The predicted octanol–water partition coefficient (Wildman–Crippen LogP) is 2.62. The molecule has 0 radical (unpaired) electrons. The Morgan fingerprint density at radius 1 is 1.39 bits per heavy atom. The van der Waals surface area contributed by atoms with Crippen LogP contribution in [0.3, 0.4) is 0 Å². The molecule has 10 nitrogen and oxygen atoms in total. The van der Waals surface area contributed by atoms with Gasteiger partial charge in [-0.15, -0.1) is 0 Å². The van der Waals surface area contributed by atoms with Gasteiger partial charge in [-0.05, 0) is 24.6 Å². The molecule has 0 bridgehead atoms. The van der Waals surface area contributed by atoms with E-state index in [1.165, 1.54) is 12.1 Å². The number of aromatic nitrogens is 2. The van der Waals surface area contributed by atoms with E-state index in [2.05, 4.69) is 0 Å². The summed E-state index contributed by atoms with van der Waals surface area (Å²) >= 11 is 5.68. The molecular formula is C19H20ClF2N2O8P. The standard InChI is InChI=1S/C19H20ClF2N2O8P/c1-19(22)16(26)14(31-17(19)24-6-4-15(25)23-18(24)27)9-30-33(28)29-7-5-13(32-33)10-2-3-11(20)12(21)8-10/h2-4,6,8,13-14,16-17,26H,5,7,9H2,1H3,(H,23,25,27)/t13-,14?,16-,17-,19-,33+/m1/s1. The van der Waals surface area contributed by atoms with Crippen LogP contribution in [0.5, 0.6) is 0 Å². The second kappa shape index (κ2) is 9.03. The van der Waals surface area contributed by atoms with Crippen molar-refractivity contribution < 1.29 is 36.8 Å². The topological polar surface area (TPSA) is 129 Å². The van der Waals surface area contributed by atoms with Crippen molar-refractivity contribution in [3.63, 3.8) is 0 Å². The van der Waals surface area contributed by atoms with E-state index < -0.39 is 61.7 Å². The number of hydrogen-bond donors (Lipinski definition) is 2. The van der Waals surface area contributed by atoms with Crippen molar-refractivity contribution in [2.45, 2.75) is 43.6 Å². The summed E-state index contributed by atoms with van der Waals surface area (Å²) in [5.74, 6) is -0.673. The highest BCUT2D eigenvalue weighted by Crippen LogP contribution is 2.57. The van der Waals surface area contributed by atoms with Crippen LogP contribution in [0.4, 0.5) is 8.78 Å². The largest absolute Gasteiger partial charge is 0.475 e. The van der Waals surface area contributed by atoms with Crippen LogP contribution in [0.15, 0.2) is 40.1 Å². The predicted molar refractivity (Wildman–Crippen MR) is 110 cm³/mol. The van der Waals surface area contributed by atoms with Crippen molar-refractivity contribution >= 4 is 19.4 Å². The van der Waals surface area contributed by atoms with Crippen LogP contribution in [0.25, 0.3) is 0 Å². The van der Waals surface area contributed by atoms with E-state index in [1.807, 2.05) is 4.98 Å². The molecule has 2 N–H and O–H groups in total. The average molecular weight is 509 g/mol. The van der Waals surface area contributed by atoms with Crippen LogP contribution >= 0.6 is 19.4 Å². The summed E-state index contributed by atoms with van der Waals surface area (Å²) in [5.41, 5.74) is -3.71. The zero-order valence-corrected chi connectivity index (χ0v) is 18.8. The van der Waals surface area contributed by atoms with Gasteiger partial charge in [0.05, 0.1) is 24.3 Å². The number of nitrogens with one attached hydrogen (secondary N) is 1. The van der Waals surface area contributed by atoms with Crippen molar-refractivity contribution in [3.05, 3.63) is 67.7 Å². The van der Waals surface area contributed by atoms with E-state index in [0.717, 1.165) is 29.8 Å². The van der Waals surface area contributed by atoms with Crippen molar-refractivity contribution in [3.8, 4) is 0 Å². The zero-order chi connectivity index (χ0) is 24.0. The first-order valence-electron chi connectivity index (χ1n) is 9.86. The first-order valence-corrected chi connectivity index (χ1v) is 11.7. The van der Waals surface area contributed by atoms with Crippen molar-refractivity contribution in [1.29, 1.82) is 0 Å². The van der Waals surface area contributed by atoms with Crippen LogP contribution in [-0.2, 0) is 22.9 Å². The maximum Gasteiger partial charge on any atom is 0.475 e. The number of nitrogens with zero attached hydrogens (tertiary/aromatic N) is 1. The fourth-order valence-corrected chi connectivity index (χ4v) is 5.16. The fraction of sp³-hybridized carbons (Fsp3) is 0.474. The van der Waals surface area contributed by atoms with E-state index in [4.69, 9.17) is 29.9 Å². The Labute approximate surface area is 190 Å². The summed E-state index contributed by atoms with van der Waals surface area (Å²) in [6.45, 7) is 0.380. The highest BCUT2D eigenvalue weighted by atomic mass is 35.5. The van der Waals surface area contributed by atoms with Crippen LogP contribution in [0.2, 0.25) is 5.02 Å². The van der Waals surface area contributed by atoms with Crippen molar-refractivity contribution in [2.75, 3.05) is 13.2 Å². The molecule has 2 aliphatic rings. The molecule has 2 fully saturated rings. The molecule has 0 spiro atoms. The SMILES string of the molecule is C[C@@]1(F)[C@H](O)C(CO[P@]2(=O)OCC[C@H](c3ccc(Cl)c(F)c3)O2)O[C@H]1n1ccc(=O)[nH]c1=O. The number of rotatable bonds is 5. The molecular weight excluding hydrogens is 489 g/mol. The molecule has 2 aromatic rings. The number of halogens is 3. The van der Waals surface area contributed by atoms with Crippen LogP contribution in [0, 0.1) is 5.82 Å². The zero-order valence-electron chi connectivity index (χ0n) is 17.2. The Morgan fingerprint density at radius 2 is 2.15 bits per heavy atom. The first-order chi connectivity index (χ1) is 15.5. The van der Waals surface area contributed by atoms with E-state index in [0.29, 0.717) is 5.56 Å². The number of aliphatic hydroxyl groups excluding tert-OH is 1. The maximum atomic E-state index is 15.2. The Kier molecular flexibility index (Phi) is 6.62. The lowest BCUT2D eigenvalue weighted by atomic mass is 9.98. The summed E-state index contributed by atoms with van der Waals surface area (Å²) in [6.07, 6.45) is -4.25. The first kappa shape index (κ1) is 24.2. The second-order valence-electron chi connectivity index (χ2n) is 7.77. The smallest absolute Gasteiger partial charge is 0.387 e. The van der Waals surface area contributed by atoms with Gasteiger partial charge in [-0.25, -0.2) is 18.1 Å². The number of benzene rings is 1. The molecule has 3 heterocycles. The molecule has 33 heavy (non-hydrogen) atoms. The molecule has 0 amide bonds. The molecule has 1 aromatic carbocycles. The second-order valence-corrected chi connectivity index (χ2v) is 9.80. The Bertz CT molecular complexity index is 1200. The number of aromatic amines is 1. The number of phosphoric ester groups is 1. The number of H-pyrrole nitrogens is 1.